The van der Waals surface area contributed by atoms with E-state index < -0.39 is 11.4 Å². The number of carboxylic acid groups (broad SMARTS) is 1. The molecule has 0 saturated carbocycles. The summed E-state index contributed by atoms with van der Waals surface area (Å²) in [4.78, 5) is 39.0. The van der Waals surface area contributed by atoms with E-state index in [0.717, 1.165) is 19.5 Å². The zero-order chi connectivity index (χ0) is 17.6. The molecule has 25 heavy (non-hydrogen) atoms. The van der Waals surface area contributed by atoms with Crippen molar-refractivity contribution in [3.05, 3.63) is 39.8 Å². The van der Waals surface area contributed by atoms with Crippen molar-refractivity contribution in [2.45, 2.75) is 13.3 Å². The van der Waals surface area contributed by atoms with Gasteiger partial charge in [-0.2, -0.15) is 0 Å². The highest BCUT2D eigenvalue weighted by molar-refractivity contribution is 7.12. The molecule has 0 spiro atoms. The number of nitrogens with zero attached hydrogens (tertiary/aromatic N) is 5. The zero-order valence-corrected chi connectivity index (χ0v) is 14.2. The minimum absolute atomic E-state index is 0.0334. The number of pyridine rings is 1. The van der Waals surface area contributed by atoms with Gasteiger partial charge < -0.3 is 10.0 Å². The molecular weight excluding hydrogens is 342 g/mol. The number of carbonyl (C=O) groups is 1. The van der Waals surface area contributed by atoms with Gasteiger partial charge in [0.25, 0.3) is 0 Å². The highest BCUT2D eigenvalue weighted by Gasteiger charge is 2.23. The van der Waals surface area contributed by atoms with Crippen LogP contribution in [-0.4, -0.2) is 43.7 Å². The summed E-state index contributed by atoms with van der Waals surface area (Å²) in [6.45, 7) is 3.95. The number of aromatic nitrogens is 4. The molecule has 1 N–H and O–H groups in total. The second-order valence-corrected chi connectivity index (χ2v) is 6.98. The Labute approximate surface area is 146 Å². The molecule has 4 heterocycles. The third kappa shape index (κ3) is 2.66. The fourth-order valence-corrected chi connectivity index (χ4v) is 3.62. The van der Waals surface area contributed by atoms with Gasteiger partial charge in [0.15, 0.2) is 16.3 Å². The summed E-state index contributed by atoms with van der Waals surface area (Å²) in [6.07, 6.45) is 5.51. The average Bonchev–Trinajstić information content (AvgIpc) is 3.26. The van der Waals surface area contributed by atoms with Gasteiger partial charge in [0.05, 0.1) is 6.20 Å². The number of carboxylic acids is 1. The predicted octanol–water partition coefficient (Wildman–Crippen LogP) is 1.78. The second-order valence-electron chi connectivity index (χ2n) is 6.10. The van der Waals surface area contributed by atoms with Gasteiger partial charge in [-0.3, -0.25) is 9.36 Å². The Hall–Kier alpha value is -2.81. The molecule has 1 fully saturated rings. The lowest BCUT2D eigenvalue weighted by Gasteiger charge is -2.17. The average molecular weight is 357 g/mol. The number of hydrogen-bond acceptors (Lipinski definition) is 7. The van der Waals surface area contributed by atoms with E-state index in [1.165, 1.54) is 22.1 Å². The van der Waals surface area contributed by atoms with E-state index in [1.54, 1.807) is 17.8 Å². The number of fused-ring (bicyclic) bond motifs is 1. The van der Waals surface area contributed by atoms with Gasteiger partial charge in [-0.05, 0) is 12.3 Å². The van der Waals surface area contributed by atoms with E-state index in [2.05, 4.69) is 26.8 Å². The Morgan fingerprint density at radius 1 is 1.40 bits per heavy atom. The van der Waals surface area contributed by atoms with Crippen LogP contribution < -0.4 is 10.3 Å². The number of rotatable bonds is 3. The Kier molecular flexibility index (Phi) is 3.72. The van der Waals surface area contributed by atoms with Gasteiger partial charge in [0, 0.05) is 30.9 Å². The lowest BCUT2D eigenvalue weighted by Crippen LogP contribution is -2.23. The van der Waals surface area contributed by atoms with Crippen LogP contribution in [0, 0.1) is 5.92 Å². The molecule has 128 valence electrons. The van der Waals surface area contributed by atoms with Crippen molar-refractivity contribution in [2.24, 2.45) is 5.92 Å². The predicted molar refractivity (Wildman–Crippen MR) is 93.8 cm³/mol. The maximum absolute atomic E-state index is 12.4. The van der Waals surface area contributed by atoms with Crippen LogP contribution in [0.15, 0.2) is 28.8 Å². The first-order valence-corrected chi connectivity index (χ1v) is 8.73. The molecule has 0 radical (unpaired) electrons. The molecule has 0 bridgehead atoms. The Morgan fingerprint density at radius 2 is 2.24 bits per heavy atom. The Bertz CT molecular complexity index is 1010. The number of anilines is 1. The molecule has 0 aliphatic carbocycles. The highest BCUT2D eigenvalue weighted by atomic mass is 32.1. The van der Waals surface area contributed by atoms with Crippen molar-refractivity contribution in [1.29, 1.82) is 0 Å². The number of aromatic carboxylic acids is 1. The Morgan fingerprint density at radius 3 is 2.88 bits per heavy atom. The van der Waals surface area contributed by atoms with Crippen molar-refractivity contribution in [2.75, 3.05) is 18.0 Å². The molecule has 8 nitrogen and oxygen atoms in total. The summed E-state index contributed by atoms with van der Waals surface area (Å²) in [7, 11) is 0. The third-order valence-electron chi connectivity index (χ3n) is 4.29. The monoisotopic (exact) mass is 357 g/mol. The van der Waals surface area contributed by atoms with Crippen molar-refractivity contribution < 1.29 is 9.90 Å². The quantitative estimate of drug-likeness (QED) is 0.762. The summed E-state index contributed by atoms with van der Waals surface area (Å²) in [5.74, 6) is -0.0332. The molecule has 0 amide bonds. The van der Waals surface area contributed by atoms with Crippen molar-refractivity contribution in [1.82, 2.24) is 19.5 Å². The zero-order valence-electron chi connectivity index (χ0n) is 13.4. The van der Waals surface area contributed by atoms with Crippen molar-refractivity contribution >= 4 is 34.3 Å². The van der Waals surface area contributed by atoms with Crippen LogP contribution >= 0.6 is 11.3 Å². The third-order valence-corrected chi connectivity index (χ3v) is 5.06. The first kappa shape index (κ1) is 15.7. The van der Waals surface area contributed by atoms with E-state index >= 15 is 0 Å². The summed E-state index contributed by atoms with van der Waals surface area (Å²) in [5, 5.41) is 11.6. The Balaban J connectivity index is 1.97. The van der Waals surface area contributed by atoms with E-state index in [1.807, 2.05) is 0 Å². The van der Waals surface area contributed by atoms with E-state index in [9.17, 15) is 14.7 Å². The van der Waals surface area contributed by atoms with Gasteiger partial charge >= 0.3 is 5.97 Å². The topological polar surface area (TPSA) is 101 Å². The largest absolute Gasteiger partial charge is 0.477 e. The van der Waals surface area contributed by atoms with E-state index in [-0.39, 0.29) is 11.1 Å². The first-order chi connectivity index (χ1) is 12.0. The maximum atomic E-state index is 12.4. The minimum atomic E-state index is -1.29. The van der Waals surface area contributed by atoms with Crippen LogP contribution in [0.4, 0.5) is 5.82 Å². The summed E-state index contributed by atoms with van der Waals surface area (Å²) >= 11 is 1.33. The van der Waals surface area contributed by atoms with Gasteiger partial charge in [0.1, 0.15) is 11.4 Å². The fourth-order valence-electron chi connectivity index (χ4n) is 3.00. The van der Waals surface area contributed by atoms with Crippen LogP contribution in [0.5, 0.6) is 0 Å². The molecule has 3 aromatic rings. The van der Waals surface area contributed by atoms with Gasteiger partial charge in [-0.25, -0.2) is 19.7 Å². The lowest BCUT2D eigenvalue weighted by atomic mass is 10.2. The second kappa shape index (κ2) is 5.92. The molecular formula is C16H15N5O3S. The van der Waals surface area contributed by atoms with Crippen LogP contribution in [0.3, 0.4) is 0 Å². The summed E-state index contributed by atoms with van der Waals surface area (Å²) in [6, 6.07) is 0. The molecule has 1 aliphatic rings. The summed E-state index contributed by atoms with van der Waals surface area (Å²) < 4.78 is 1.53. The van der Waals surface area contributed by atoms with Gasteiger partial charge in [-0.1, -0.05) is 6.92 Å². The smallest absolute Gasteiger partial charge is 0.341 e. The number of hydrogen-bond donors (Lipinski definition) is 1. The summed E-state index contributed by atoms with van der Waals surface area (Å²) in [5.41, 5.74) is -0.628. The van der Waals surface area contributed by atoms with Crippen LogP contribution in [0.2, 0.25) is 0 Å². The molecule has 3 aromatic heterocycles. The first-order valence-electron chi connectivity index (χ1n) is 7.85. The van der Waals surface area contributed by atoms with Crippen molar-refractivity contribution in [3.63, 3.8) is 0 Å². The van der Waals surface area contributed by atoms with E-state index in [4.69, 9.17) is 0 Å². The molecule has 9 heteroatoms. The van der Waals surface area contributed by atoms with Gasteiger partial charge in [0.2, 0.25) is 5.43 Å². The molecule has 1 unspecified atom stereocenters. The van der Waals surface area contributed by atoms with Crippen LogP contribution in [0.25, 0.3) is 16.3 Å². The standard InChI is InChI=1S/C16H15N5O3S/c1-9-2-4-20(7-9)11-6-18-12-13(22)10(15(23)24)8-21(14(12)19-11)16-17-3-5-25-16/h3,5-6,8-9H,2,4,7H2,1H3,(H,23,24). The highest BCUT2D eigenvalue weighted by Crippen LogP contribution is 2.24. The van der Waals surface area contributed by atoms with Crippen LogP contribution in [-0.2, 0) is 0 Å². The molecule has 0 aromatic carbocycles. The molecule has 1 saturated heterocycles. The van der Waals surface area contributed by atoms with Crippen molar-refractivity contribution in [3.8, 4) is 5.13 Å². The molecule has 4 rings (SSSR count). The molecule has 1 aliphatic heterocycles. The maximum Gasteiger partial charge on any atom is 0.341 e. The molecule has 1 atom stereocenters. The van der Waals surface area contributed by atoms with E-state index in [0.29, 0.717) is 22.5 Å². The number of thiazole rings is 1. The van der Waals surface area contributed by atoms with Gasteiger partial charge in [-0.15, -0.1) is 11.3 Å². The SMILES string of the molecule is CC1CCN(c2cnc3c(=O)c(C(=O)O)cn(-c4nccs4)c3n2)C1. The van der Waals surface area contributed by atoms with Crippen LogP contribution in [0.1, 0.15) is 23.7 Å². The fraction of sp³-hybridized carbons (Fsp3) is 0.312. The lowest BCUT2D eigenvalue weighted by molar-refractivity contribution is 0.0695. The normalized spacial score (nSPS) is 17.3. The minimum Gasteiger partial charge on any atom is -0.477 e.